The quantitative estimate of drug-likeness (QED) is 0.539. The van der Waals surface area contributed by atoms with Gasteiger partial charge >= 0.3 is 0 Å². The zero-order valence-corrected chi connectivity index (χ0v) is 7.15. The van der Waals surface area contributed by atoms with E-state index in [2.05, 4.69) is 4.98 Å². The number of hydrogen-bond acceptors (Lipinski definition) is 3. The minimum atomic E-state index is 0.0127. The molecule has 0 fully saturated rings. The molecule has 2 rings (SSSR count). The summed E-state index contributed by atoms with van der Waals surface area (Å²) in [4.78, 5) is 24.9. The highest BCUT2D eigenvalue weighted by molar-refractivity contribution is 5.79. The minimum Gasteiger partial charge on any atom is -0.235 e. The van der Waals surface area contributed by atoms with Gasteiger partial charge in [-0.05, 0) is 12.1 Å². The van der Waals surface area contributed by atoms with Gasteiger partial charge in [0.15, 0.2) is 11.3 Å². The van der Waals surface area contributed by atoms with Crippen LogP contribution in [0.4, 0.5) is 0 Å². The van der Waals surface area contributed by atoms with E-state index in [-0.39, 0.29) is 10.6 Å². The highest BCUT2D eigenvalue weighted by Crippen LogP contribution is 2.04. The first-order chi connectivity index (χ1) is 6.85. The van der Waals surface area contributed by atoms with Crippen molar-refractivity contribution in [2.24, 2.45) is 0 Å². The lowest BCUT2D eigenvalue weighted by molar-refractivity contribution is 0.563. The van der Waals surface area contributed by atoms with Crippen molar-refractivity contribution < 1.29 is 9.59 Å². The van der Waals surface area contributed by atoms with Gasteiger partial charge in [-0.2, -0.15) is 0 Å². The van der Waals surface area contributed by atoms with E-state index < -0.39 is 0 Å². The number of aromatic nitrogens is 1. The predicted molar refractivity (Wildman–Crippen MR) is 50.6 cm³/mol. The van der Waals surface area contributed by atoms with Crippen molar-refractivity contribution in [3.05, 3.63) is 40.9 Å². The number of nitrogens with zero attached hydrogens (tertiary/aromatic N) is 1. The molecule has 0 spiro atoms. The zero-order valence-electron chi connectivity index (χ0n) is 7.15. The molecule has 1 aromatic heterocycles. The van der Waals surface area contributed by atoms with Gasteiger partial charge in [-0.3, -0.25) is 0 Å². The predicted octanol–water partition coefficient (Wildman–Crippen LogP) is -0.759. The van der Waals surface area contributed by atoms with Crippen molar-refractivity contribution in [3.8, 4) is 0 Å². The standard InChI is InChI=1S/C11H5NO2/c13-6-9-5-8-3-1-2-4-10(8)12-11(9)7-14/h1-5H. The summed E-state index contributed by atoms with van der Waals surface area (Å²) < 4.78 is 0. The molecule has 3 heteroatoms. The normalized spacial score (nSPS) is 9.43. The Morgan fingerprint density at radius 3 is 2.57 bits per heavy atom. The van der Waals surface area contributed by atoms with Crippen LogP contribution in [0.2, 0.25) is 0 Å². The minimum absolute atomic E-state index is 0.0127. The summed E-state index contributed by atoms with van der Waals surface area (Å²) in [6.07, 6.45) is 0. The van der Waals surface area contributed by atoms with Crippen molar-refractivity contribution >= 4 is 22.8 Å². The summed E-state index contributed by atoms with van der Waals surface area (Å²) in [5.41, 5.74) is 0.671. The Hall–Kier alpha value is -2.21. The number of fused-ring (bicyclic) bond motifs is 1. The van der Waals surface area contributed by atoms with E-state index >= 15 is 0 Å². The number of benzene rings is 1. The Kier molecular flexibility index (Phi) is 1.96. The lowest BCUT2D eigenvalue weighted by atomic mass is 10.2. The van der Waals surface area contributed by atoms with Gasteiger partial charge in [0.05, 0.1) is 10.7 Å². The van der Waals surface area contributed by atoms with Gasteiger partial charge in [0.1, 0.15) is 5.94 Å². The maximum atomic E-state index is 10.5. The van der Waals surface area contributed by atoms with E-state index in [4.69, 9.17) is 0 Å². The third-order valence-corrected chi connectivity index (χ3v) is 1.93. The van der Waals surface area contributed by atoms with E-state index in [9.17, 15) is 9.59 Å². The van der Waals surface area contributed by atoms with E-state index in [1.807, 2.05) is 18.2 Å². The molecule has 66 valence electrons. The average Bonchev–Trinajstić information content (AvgIpc) is 2.27. The molecule has 0 aliphatic carbocycles. The molecule has 0 bridgehead atoms. The van der Waals surface area contributed by atoms with Gasteiger partial charge < -0.3 is 0 Å². The molecule has 0 aliphatic rings. The second-order valence-corrected chi connectivity index (χ2v) is 2.78. The lowest BCUT2D eigenvalue weighted by Gasteiger charge is -1.92. The monoisotopic (exact) mass is 183 g/mol. The average molecular weight is 183 g/mol. The smallest absolute Gasteiger partial charge is 0.165 e. The molecule has 3 nitrogen and oxygen atoms in total. The number of hydrogen-bond donors (Lipinski definition) is 0. The fourth-order valence-corrected chi connectivity index (χ4v) is 1.27. The van der Waals surface area contributed by atoms with Gasteiger partial charge in [0.25, 0.3) is 0 Å². The first kappa shape index (κ1) is 8.39. The Labute approximate surface area is 79.0 Å². The molecule has 0 saturated heterocycles. The summed E-state index contributed by atoms with van der Waals surface area (Å²) in [7, 11) is 0. The number of pyridine rings is 1. The van der Waals surface area contributed by atoms with Gasteiger partial charge in [-0.25, -0.2) is 14.6 Å². The van der Waals surface area contributed by atoms with Crippen LogP contribution in [0, 0.1) is 0 Å². The number of para-hydroxylation sites is 1. The molecule has 1 aromatic carbocycles. The van der Waals surface area contributed by atoms with Crippen LogP contribution < -0.4 is 10.6 Å². The molecule has 1 heterocycles. The summed E-state index contributed by atoms with van der Waals surface area (Å²) in [5.74, 6) is 3.28. The molecule has 0 unspecified atom stereocenters. The third-order valence-electron chi connectivity index (χ3n) is 1.93. The van der Waals surface area contributed by atoms with Crippen LogP contribution in [0.3, 0.4) is 0 Å². The summed E-state index contributed by atoms with van der Waals surface area (Å²) in [6.45, 7) is 0. The Balaban J connectivity index is 3.13. The summed E-state index contributed by atoms with van der Waals surface area (Å²) in [5, 5.41) is 0.974. The van der Waals surface area contributed by atoms with E-state index in [0.29, 0.717) is 5.52 Å². The second-order valence-electron chi connectivity index (χ2n) is 2.78. The summed E-state index contributed by atoms with van der Waals surface area (Å²) in [6, 6.07) is 8.81. The largest absolute Gasteiger partial charge is 0.235 e. The van der Waals surface area contributed by atoms with E-state index in [1.54, 1.807) is 24.0 Å². The van der Waals surface area contributed by atoms with Crippen LogP contribution in [0.1, 0.15) is 0 Å². The molecule has 0 N–H and O–H groups in total. The zero-order chi connectivity index (χ0) is 9.97. The van der Waals surface area contributed by atoms with Gasteiger partial charge in [-0.1, -0.05) is 18.2 Å². The van der Waals surface area contributed by atoms with Crippen molar-refractivity contribution in [1.82, 2.24) is 4.98 Å². The maximum Gasteiger partial charge on any atom is 0.165 e. The molecule has 14 heavy (non-hydrogen) atoms. The number of rotatable bonds is 0. The Bertz CT molecular complexity index is 592. The first-order valence-corrected chi connectivity index (χ1v) is 4.01. The highest BCUT2D eigenvalue weighted by Gasteiger charge is 1.95. The highest BCUT2D eigenvalue weighted by atomic mass is 16.1. The topological polar surface area (TPSA) is 47.0 Å². The molecule has 0 radical (unpaired) electrons. The fraction of sp³-hybridized carbons (Fsp3) is 0. The fourth-order valence-electron chi connectivity index (χ4n) is 1.27. The van der Waals surface area contributed by atoms with Crippen molar-refractivity contribution in [1.29, 1.82) is 0 Å². The van der Waals surface area contributed by atoms with E-state index in [1.165, 1.54) is 0 Å². The Morgan fingerprint density at radius 2 is 1.86 bits per heavy atom. The first-order valence-electron chi connectivity index (χ1n) is 4.01. The Morgan fingerprint density at radius 1 is 1.07 bits per heavy atom. The maximum absolute atomic E-state index is 10.5. The van der Waals surface area contributed by atoms with Crippen LogP contribution in [0.5, 0.6) is 0 Å². The molecular weight excluding hydrogens is 178 g/mol. The van der Waals surface area contributed by atoms with Gasteiger partial charge in [0, 0.05) is 5.39 Å². The number of carbonyl (C=O) groups excluding carboxylic acids is 2. The lowest BCUT2D eigenvalue weighted by Crippen LogP contribution is -2.30. The van der Waals surface area contributed by atoms with Crippen LogP contribution in [0.15, 0.2) is 30.3 Å². The molecular formula is C11H5NO2. The van der Waals surface area contributed by atoms with Crippen molar-refractivity contribution in [2.75, 3.05) is 0 Å². The van der Waals surface area contributed by atoms with Crippen molar-refractivity contribution in [2.45, 2.75) is 0 Å². The molecule has 0 amide bonds. The third kappa shape index (κ3) is 1.23. The van der Waals surface area contributed by atoms with Crippen LogP contribution in [-0.2, 0) is 9.59 Å². The second kappa shape index (κ2) is 3.27. The van der Waals surface area contributed by atoms with E-state index in [0.717, 1.165) is 5.39 Å². The molecule has 0 atom stereocenters. The van der Waals surface area contributed by atoms with Gasteiger partial charge in [0.2, 0.25) is 0 Å². The van der Waals surface area contributed by atoms with Crippen LogP contribution >= 0.6 is 0 Å². The van der Waals surface area contributed by atoms with Gasteiger partial charge in [-0.15, -0.1) is 0 Å². The molecule has 2 aromatic rings. The molecule has 0 saturated carbocycles. The summed E-state index contributed by atoms with van der Waals surface area (Å²) >= 11 is 0. The van der Waals surface area contributed by atoms with Crippen molar-refractivity contribution in [3.63, 3.8) is 0 Å². The van der Waals surface area contributed by atoms with Crippen LogP contribution in [-0.4, -0.2) is 16.9 Å². The SMILES string of the molecule is O=C=c1cc2ccccc2nc1=C=O. The van der Waals surface area contributed by atoms with Crippen LogP contribution in [0.25, 0.3) is 10.9 Å². The molecule has 0 aliphatic heterocycles.